The largest absolute Gasteiger partial charge is 0.480 e. The molecule has 1 aromatic rings. The van der Waals surface area contributed by atoms with Gasteiger partial charge in [-0.15, -0.1) is 0 Å². The monoisotopic (exact) mass is 299 g/mol. The second-order valence-electron chi connectivity index (χ2n) is 4.41. The van der Waals surface area contributed by atoms with Crippen LogP contribution >= 0.6 is 0 Å². The van der Waals surface area contributed by atoms with E-state index in [0.29, 0.717) is 0 Å². The fraction of sp³-hybridized carbons (Fsp3) is 0.385. The molecule has 1 aromatic carbocycles. The normalized spacial score (nSPS) is 11.2. The van der Waals surface area contributed by atoms with Gasteiger partial charge in [-0.25, -0.2) is 0 Å². The van der Waals surface area contributed by atoms with E-state index in [0.717, 1.165) is 6.07 Å². The van der Waals surface area contributed by atoms with Crippen molar-refractivity contribution in [2.24, 2.45) is 0 Å². The molecule has 114 valence electrons. The van der Waals surface area contributed by atoms with Gasteiger partial charge in [-0.1, -0.05) is 19.9 Å². The Morgan fingerprint density at radius 3 is 2.14 bits per heavy atom. The van der Waals surface area contributed by atoms with Gasteiger partial charge in [-0.3, -0.25) is 19.7 Å². The quantitative estimate of drug-likeness (QED) is 0.472. The Labute approximate surface area is 119 Å². The Kier molecular flexibility index (Phi) is 4.62. The molecule has 2 N–H and O–H groups in total. The van der Waals surface area contributed by atoms with Gasteiger partial charge < -0.3 is 10.2 Å². The highest BCUT2D eigenvalue weighted by molar-refractivity contribution is 6.05. The summed E-state index contributed by atoms with van der Waals surface area (Å²) in [5.74, 6) is -4.74. The first-order chi connectivity index (χ1) is 9.73. The van der Waals surface area contributed by atoms with E-state index in [1.165, 1.54) is 13.0 Å². The number of carbonyl (C=O) groups is 2. The molecule has 0 saturated carbocycles. The highest BCUT2D eigenvalue weighted by Crippen LogP contribution is 2.38. The van der Waals surface area contributed by atoms with Crippen molar-refractivity contribution in [3.8, 4) is 0 Å². The van der Waals surface area contributed by atoms with Gasteiger partial charge in [0.15, 0.2) is 5.41 Å². The Morgan fingerprint density at radius 1 is 1.29 bits per heavy atom. The smallest absolute Gasteiger partial charge is 0.325 e. The Hall–Kier alpha value is -2.51. The summed E-state index contributed by atoms with van der Waals surface area (Å²) in [6.45, 7) is 2.83. The molecule has 21 heavy (non-hydrogen) atoms. The molecule has 0 bridgehead atoms. The molecule has 0 amide bonds. The minimum Gasteiger partial charge on any atom is -0.480 e. The molecule has 0 heterocycles. The number of aryl methyl sites for hydroxylation is 1. The lowest BCUT2D eigenvalue weighted by molar-refractivity contribution is -0.388. The van der Waals surface area contributed by atoms with Crippen LogP contribution in [0, 0.1) is 15.9 Å². The predicted octanol–water partition coefficient (Wildman–Crippen LogP) is 2.11. The minimum atomic E-state index is -2.56. The maximum Gasteiger partial charge on any atom is 0.325 e. The lowest BCUT2D eigenvalue weighted by Crippen LogP contribution is -2.43. The number of carboxylic acids is 2. The summed E-state index contributed by atoms with van der Waals surface area (Å²) in [6, 6.07) is 2.18. The fourth-order valence-corrected chi connectivity index (χ4v) is 2.22. The Bertz CT molecular complexity index is 599. The van der Waals surface area contributed by atoms with Crippen molar-refractivity contribution in [3.05, 3.63) is 39.2 Å². The van der Waals surface area contributed by atoms with Crippen LogP contribution in [0.15, 0.2) is 12.1 Å². The van der Waals surface area contributed by atoms with Gasteiger partial charge in [0.05, 0.1) is 10.5 Å². The van der Waals surface area contributed by atoms with Crippen LogP contribution in [-0.2, 0) is 21.4 Å². The molecule has 0 atom stereocenters. The number of hydrogen-bond acceptors (Lipinski definition) is 4. The second-order valence-corrected chi connectivity index (χ2v) is 4.41. The molecule has 0 aliphatic rings. The first kappa shape index (κ1) is 16.5. The van der Waals surface area contributed by atoms with Gasteiger partial charge in [0.1, 0.15) is 0 Å². The molecular formula is C13H14FNO6. The van der Waals surface area contributed by atoms with E-state index in [-0.39, 0.29) is 12.0 Å². The van der Waals surface area contributed by atoms with E-state index >= 15 is 0 Å². The molecule has 0 saturated heterocycles. The van der Waals surface area contributed by atoms with E-state index in [1.54, 1.807) is 6.92 Å². The van der Waals surface area contributed by atoms with Crippen molar-refractivity contribution in [2.75, 3.05) is 0 Å². The number of rotatable bonds is 6. The van der Waals surface area contributed by atoms with E-state index in [1.807, 2.05) is 0 Å². The standard InChI is InChI=1S/C13H14FNO6/c1-3-7-5-6-8(10(9(7)14)15(20)21)13(4-2,11(16)17)12(18)19/h5-6H,3-4H2,1-2H3,(H,16,17)(H,18,19). The lowest BCUT2D eigenvalue weighted by Gasteiger charge is -2.23. The van der Waals surface area contributed by atoms with E-state index in [9.17, 15) is 34.3 Å². The van der Waals surface area contributed by atoms with E-state index in [2.05, 4.69) is 0 Å². The van der Waals surface area contributed by atoms with Crippen LogP contribution in [0.1, 0.15) is 31.4 Å². The molecule has 8 heteroatoms. The number of benzene rings is 1. The second kappa shape index (κ2) is 5.86. The summed E-state index contributed by atoms with van der Waals surface area (Å²) < 4.78 is 14.2. The van der Waals surface area contributed by atoms with Crippen LogP contribution in [0.25, 0.3) is 0 Å². The Morgan fingerprint density at radius 2 is 1.81 bits per heavy atom. The summed E-state index contributed by atoms with van der Waals surface area (Å²) in [7, 11) is 0. The van der Waals surface area contributed by atoms with Gasteiger partial charge in [0, 0.05) is 0 Å². The molecular weight excluding hydrogens is 285 g/mol. The van der Waals surface area contributed by atoms with Crippen LogP contribution in [0.2, 0.25) is 0 Å². The van der Waals surface area contributed by atoms with Crippen LogP contribution in [-0.4, -0.2) is 27.1 Å². The summed E-state index contributed by atoms with van der Waals surface area (Å²) in [5, 5.41) is 29.6. The highest BCUT2D eigenvalue weighted by Gasteiger charge is 2.51. The molecule has 0 aliphatic heterocycles. The van der Waals surface area contributed by atoms with Gasteiger partial charge in [0.2, 0.25) is 5.82 Å². The topological polar surface area (TPSA) is 118 Å². The number of halogens is 1. The van der Waals surface area contributed by atoms with Crippen LogP contribution < -0.4 is 0 Å². The predicted molar refractivity (Wildman–Crippen MR) is 69.7 cm³/mol. The lowest BCUT2D eigenvalue weighted by atomic mass is 9.76. The number of nitro benzene ring substituents is 1. The number of aliphatic carboxylic acids is 2. The third-order valence-corrected chi connectivity index (χ3v) is 3.48. The zero-order chi connectivity index (χ0) is 16.4. The molecule has 1 rings (SSSR count). The first-order valence-electron chi connectivity index (χ1n) is 6.17. The van der Waals surface area contributed by atoms with Gasteiger partial charge in [0.25, 0.3) is 0 Å². The van der Waals surface area contributed by atoms with Crippen molar-refractivity contribution in [1.82, 2.24) is 0 Å². The van der Waals surface area contributed by atoms with Crippen molar-refractivity contribution in [1.29, 1.82) is 0 Å². The van der Waals surface area contributed by atoms with Crippen molar-refractivity contribution in [3.63, 3.8) is 0 Å². The molecule has 0 fully saturated rings. The van der Waals surface area contributed by atoms with Crippen molar-refractivity contribution >= 4 is 17.6 Å². The van der Waals surface area contributed by atoms with Crippen molar-refractivity contribution < 1.29 is 29.1 Å². The highest BCUT2D eigenvalue weighted by atomic mass is 19.1. The summed E-state index contributed by atoms with van der Waals surface area (Å²) in [5.41, 5.74) is -4.30. The van der Waals surface area contributed by atoms with Gasteiger partial charge >= 0.3 is 17.6 Å². The third kappa shape index (κ3) is 2.44. The number of carboxylic acid groups (broad SMARTS) is 2. The van der Waals surface area contributed by atoms with Gasteiger partial charge in [-0.05, 0) is 24.5 Å². The number of nitrogens with zero attached hydrogens (tertiary/aromatic N) is 1. The van der Waals surface area contributed by atoms with Gasteiger partial charge in [-0.2, -0.15) is 4.39 Å². The van der Waals surface area contributed by atoms with Crippen molar-refractivity contribution in [2.45, 2.75) is 32.1 Å². The molecule has 7 nitrogen and oxygen atoms in total. The van der Waals surface area contributed by atoms with Crippen LogP contribution in [0.5, 0.6) is 0 Å². The number of hydrogen-bond donors (Lipinski definition) is 2. The summed E-state index contributed by atoms with van der Waals surface area (Å²) >= 11 is 0. The number of nitro groups is 1. The van der Waals surface area contributed by atoms with E-state index < -0.39 is 45.8 Å². The summed E-state index contributed by atoms with van der Waals surface area (Å²) in [4.78, 5) is 32.8. The molecule has 0 aromatic heterocycles. The zero-order valence-corrected chi connectivity index (χ0v) is 11.4. The molecule has 0 spiro atoms. The molecule has 0 unspecified atom stereocenters. The zero-order valence-electron chi connectivity index (χ0n) is 11.4. The fourth-order valence-electron chi connectivity index (χ4n) is 2.22. The Balaban J connectivity index is 3.84. The van der Waals surface area contributed by atoms with E-state index in [4.69, 9.17) is 0 Å². The summed E-state index contributed by atoms with van der Waals surface area (Å²) in [6.07, 6.45) is -0.296. The third-order valence-electron chi connectivity index (χ3n) is 3.48. The average Bonchev–Trinajstić information content (AvgIpc) is 2.39. The minimum absolute atomic E-state index is 0.0197. The molecule has 0 radical (unpaired) electrons. The average molecular weight is 299 g/mol. The van der Waals surface area contributed by atoms with Crippen LogP contribution in [0.4, 0.5) is 10.1 Å². The van der Waals surface area contributed by atoms with Crippen LogP contribution in [0.3, 0.4) is 0 Å². The SMILES string of the molecule is CCc1ccc(C(CC)(C(=O)O)C(=O)O)c([N+](=O)[O-])c1F. The molecule has 0 aliphatic carbocycles. The maximum absolute atomic E-state index is 14.2. The maximum atomic E-state index is 14.2. The first-order valence-corrected chi connectivity index (χ1v) is 6.17.